The molecule has 3 aromatic rings. The van der Waals surface area contributed by atoms with Gasteiger partial charge in [0, 0.05) is 30.9 Å². The Kier molecular flexibility index (Phi) is 6.01. The Morgan fingerprint density at radius 1 is 1.26 bits per heavy atom. The first-order chi connectivity index (χ1) is 14.9. The van der Waals surface area contributed by atoms with Crippen LogP contribution in [0.5, 0.6) is 0 Å². The summed E-state index contributed by atoms with van der Waals surface area (Å²) in [6.07, 6.45) is 5.18. The van der Waals surface area contributed by atoms with Gasteiger partial charge in [0.2, 0.25) is 0 Å². The fourth-order valence-corrected chi connectivity index (χ4v) is 3.85. The number of aromatic nitrogens is 2. The Balaban J connectivity index is 1.64. The number of anilines is 3. The average molecular weight is 441 g/mol. The summed E-state index contributed by atoms with van der Waals surface area (Å²) in [7, 11) is 0. The zero-order valence-corrected chi connectivity index (χ0v) is 17.4. The topological polar surface area (TPSA) is 110 Å². The minimum absolute atomic E-state index is 0.0120. The van der Waals surface area contributed by atoms with Crippen molar-refractivity contribution >= 4 is 34.6 Å². The zero-order chi connectivity index (χ0) is 22.0. The number of carbonyl (C=O) groups excluding carboxylic acids is 1. The molecule has 2 aromatic heterocycles. The summed E-state index contributed by atoms with van der Waals surface area (Å²) in [5.41, 5.74) is 14.1. The van der Waals surface area contributed by atoms with E-state index >= 15 is 0 Å². The van der Waals surface area contributed by atoms with Crippen LogP contribution in [0.4, 0.5) is 21.5 Å². The van der Waals surface area contributed by atoms with Gasteiger partial charge >= 0.3 is 0 Å². The van der Waals surface area contributed by atoms with Crippen molar-refractivity contribution in [2.24, 2.45) is 5.73 Å². The van der Waals surface area contributed by atoms with E-state index in [1.807, 2.05) is 6.07 Å². The molecule has 160 valence electrons. The molecule has 1 atom stereocenters. The van der Waals surface area contributed by atoms with E-state index in [9.17, 15) is 9.18 Å². The lowest BCUT2D eigenvalue weighted by molar-refractivity contribution is 0.102. The van der Waals surface area contributed by atoms with Gasteiger partial charge < -0.3 is 21.7 Å². The predicted molar refractivity (Wildman–Crippen MR) is 121 cm³/mol. The summed E-state index contributed by atoms with van der Waals surface area (Å²) < 4.78 is 14.4. The first kappa shape index (κ1) is 21.0. The van der Waals surface area contributed by atoms with Crippen molar-refractivity contribution in [3.8, 4) is 11.3 Å². The van der Waals surface area contributed by atoms with Crippen molar-refractivity contribution in [1.82, 2.24) is 9.97 Å². The van der Waals surface area contributed by atoms with Crippen LogP contribution in [0, 0.1) is 5.82 Å². The predicted octanol–water partition coefficient (Wildman–Crippen LogP) is 3.70. The van der Waals surface area contributed by atoms with Gasteiger partial charge in [0.25, 0.3) is 5.91 Å². The lowest BCUT2D eigenvalue weighted by atomic mass is 10.1. The molecule has 9 heteroatoms. The number of nitrogens with one attached hydrogen (secondary N) is 1. The number of nitrogens with two attached hydrogens (primary N) is 2. The number of hydrogen-bond donors (Lipinski definition) is 3. The van der Waals surface area contributed by atoms with Crippen molar-refractivity contribution in [2.45, 2.75) is 18.9 Å². The lowest BCUT2D eigenvalue weighted by Crippen LogP contribution is -2.43. The molecular weight excluding hydrogens is 419 g/mol. The summed E-state index contributed by atoms with van der Waals surface area (Å²) in [6.45, 7) is 1.53. The van der Waals surface area contributed by atoms with E-state index in [-0.39, 0.29) is 33.7 Å². The molecule has 1 aliphatic heterocycles. The first-order valence-corrected chi connectivity index (χ1v) is 10.3. The van der Waals surface area contributed by atoms with Gasteiger partial charge in [0.1, 0.15) is 0 Å². The number of pyridine rings is 2. The molecule has 31 heavy (non-hydrogen) atoms. The fourth-order valence-electron chi connectivity index (χ4n) is 3.67. The second-order valence-corrected chi connectivity index (χ2v) is 7.84. The van der Waals surface area contributed by atoms with Crippen LogP contribution in [0.15, 0.2) is 48.8 Å². The summed E-state index contributed by atoms with van der Waals surface area (Å²) in [5.74, 6) is -1.12. The van der Waals surface area contributed by atoms with E-state index in [1.165, 1.54) is 12.1 Å². The maximum atomic E-state index is 14.4. The second-order valence-electron chi connectivity index (χ2n) is 7.43. The standard InChI is InChI=1S/C22H22ClFN6O/c23-15-5-1-4-14(20(15)24)17-7-6-16(26)21(28-17)22(31)29-18-11-27-9-8-19(18)30-10-2-3-13(25)12-30/h1,4-9,11,13H,2-3,10,12,25-26H2,(H,29,31)/t13-/m0/s1. The van der Waals surface area contributed by atoms with Crippen LogP contribution in [0.25, 0.3) is 11.3 Å². The van der Waals surface area contributed by atoms with E-state index in [2.05, 4.69) is 20.2 Å². The number of nitrogen functional groups attached to an aromatic ring is 1. The van der Waals surface area contributed by atoms with E-state index < -0.39 is 11.7 Å². The van der Waals surface area contributed by atoms with Gasteiger partial charge in [-0.15, -0.1) is 0 Å². The summed E-state index contributed by atoms with van der Waals surface area (Å²) >= 11 is 5.88. The van der Waals surface area contributed by atoms with Crippen LogP contribution < -0.4 is 21.7 Å². The summed E-state index contributed by atoms with van der Waals surface area (Å²) in [4.78, 5) is 23.6. The smallest absolute Gasteiger partial charge is 0.276 e. The molecule has 1 aromatic carbocycles. The van der Waals surface area contributed by atoms with E-state index in [4.69, 9.17) is 23.1 Å². The molecule has 0 radical (unpaired) electrons. The van der Waals surface area contributed by atoms with Crippen LogP contribution in [-0.2, 0) is 0 Å². The Bertz CT molecular complexity index is 1120. The molecule has 1 fully saturated rings. The Morgan fingerprint density at radius 2 is 2.10 bits per heavy atom. The molecule has 0 bridgehead atoms. The normalized spacial score (nSPS) is 16.2. The molecule has 0 spiro atoms. The quantitative estimate of drug-likeness (QED) is 0.570. The van der Waals surface area contributed by atoms with Gasteiger partial charge in [-0.1, -0.05) is 17.7 Å². The number of rotatable bonds is 4. The third-order valence-corrected chi connectivity index (χ3v) is 5.51. The van der Waals surface area contributed by atoms with E-state index in [0.29, 0.717) is 12.2 Å². The number of benzene rings is 1. The average Bonchev–Trinajstić information content (AvgIpc) is 2.76. The molecule has 5 N–H and O–H groups in total. The minimum Gasteiger partial charge on any atom is -0.397 e. The van der Waals surface area contributed by atoms with Crippen LogP contribution in [-0.4, -0.2) is 35.0 Å². The monoisotopic (exact) mass is 440 g/mol. The number of halogens is 2. The van der Waals surface area contributed by atoms with Crippen molar-refractivity contribution in [3.63, 3.8) is 0 Å². The van der Waals surface area contributed by atoms with Crippen molar-refractivity contribution < 1.29 is 9.18 Å². The maximum Gasteiger partial charge on any atom is 0.276 e. The molecule has 0 unspecified atom stereocenters. The SMILES string of the molecule is Nc1ccc(-c2cccc(Cl)c2F)nc1C(=O)Nc1cnccc1N1CCC[C@H](N)C1. The number of nitrogens with zero attached hydrogens (tertiary/aromatic N) is 3. The first-order valence-electron chi connectivity index (χ1n) is 9.91. The summed E-state index contributed by atoms with van der Waals surface area (Å²) in [5, 5.41) is 2.81. The highest BCUT2D eigenvalue weighted by Gasteiger charge is 2.22. The van der Waals surface area contributed by atoms with Crippen LogP contribution >= 0.6 is 11.6 Å². The third-order valence-electron chi connectivity index (χ3n) is 5.21. The largest absolute Gasteiger partial charge is 0.397 e. The van der Waals surface area contributed by atoms with E-state index in [0.717, 1.165) is 25.1 Å². The Labute approximate surface area is 184 Å². The number of carbonyl (C=O) groups is 1. The second kappa shape index (κ2) is 8.87. The molecule has 7 nitrogen and oxygen atoms in total. The van der Waals surface area contributed by atoms with Crippen LogP contribution in [0.2, 0.25) is 5.02 Å². The van der Waals surface area contributed by atoms with Gasteiger partial charge in [-0.25, -0.2) is 9.37 Å². The fraction of sp³-hybridized carbons (Fsp3) is 0.227. The molecule has 1 amide bonds. The summed E-state index contributed by atoms with van der Waals surface area (Å²) in [6, 6.07) is 9.58. The van der Waals surface area contributed by atoms with Crippen molar-refractivity contribution in [2.75, 3.05) is 29.0 Å². The lowest BCUT2D eigenvalue weighted by Gasteiger charge is -2.33. The molecule has 0 saturated carbocycles. The Morgan fingerprint density at radius 3 is 2.90 bits per heavy atom. The maximum absolute atomic E-state index is 14.4. The number of amides is 1. The molecule has 4 rings (SSSR count). The van der Waals surface area contributed by atoms with E-state index in [1.54, 1.807) is 30.6 Å². The van der Waals surface area contributed by atoms with Gasteiger partial charge in [0.15, 0.2) is 11.5 Å². The van der Waals surface area contributed by atoms with Gasteiger partial charge in [-0.2, -0.15) is 0 Å². The molecule has 1 aliphatic rings. The molecular formula is C22H22ClFN6O. The number of piperidine rings is 1. The molecule has 1 saturated heterocycles. The highest BCUT2D eigenvalue weighted by Crippen LogP contribution is 2.30. The highest BCUT2D eigenvalue weighted by molar-refractivity contribution is 6.31. The zero-order valence-electron chi connectivity index (χ0n) is 16.7. The van der Waals surface area contributed by atoms with Gasteiger partial charge in [0.05, 0.1) is 34.0 Å². The van der Waals surface area contributed by atoms with Crippen LogP contribution in [0.1, 0.15) is 23.3 Å². The van der Waals surface area contributed by atoms with Crippen molar-refractivity contribution in [1.29, 1.82) is 0 Å². The Hall–Kier alpha value is -3.23. The van der Waals surface area contributed by atoms with Gasteiger partial charge in [-0.05, 0) is 43.2 Å². The van der Waals surface area contributed by atoms with Crippen LogP contribution in [0.3, 0.4) is 0 Å². The molecule has 0 aliphatic carbocycles. The van der Waals surface area contributed by atoms with Gasteiger partial charge in [-0.3, -0.25) is 9.78 Å². The number of hydrogen-bond acceptors (Lipinski definition) is 6. The minimum atomic E-state index is -0.608. The molecule has 3 heterocycles. The van der Waals surface area contributed by atoms with Crippen molar-refractivity contribution in [3.05, 3.63) is 65.3 Å². The third kappa shape index (κ3) is 4.45. The highest BCUT2D eigenvalue weighted by atomic mass is 35.5.